The average molecular weight is 477 g/mol. The van der Waals surface area contributed by atoms with Gasteiger partial charge in [0, 0.05) is 0 Å². The molecular weight excluding hydrogens is 448 g/mol. The second kappa shape index (κ2) is 10.1. The largest absolute Gasteiger partial charge is 0.493 e. The van der Waals surface area contributed by atoms with E-state index in [0.29, 0.717) is 22.8 Å². The number of carbonyl (C=O) groups is 2. The smallest absolute Gasteiger partial charge is 0.325 e. The molecule has 3 amide bonds. The number of β-amino-alcohol motifs (C(OH)–C–C–N with tert-alkyl or cyclic N) is 1. The zero-order valence-electron chi connectivity index (χ0n) is 19.9. The molecule has 35 heavy (non-hydrogen) atoms. The summed E-state index contributed by atoms with van der Waals surface area (Å²) in [7, 11) is 3.02. The lowest BCUT2D eigenvalue weighted by Crippen LogP contribution is -2.42. The number of amides is 3. The van der Waals surface area contributed by atoms with Crippen LogP contribution < -0.4 is 19.5 Å². The molecule has 2 N–H and O–H groups in total. The molecule has 8 nitrogen and oxygen atoms in total. The quantitative estimate of drug-likeness (QED) is 0.458. The number of ether oxygens (including phenoxy) is 3. The SMILES string of the molecule is COc1ccc(C2(C)NC(=O)N(CC(O)COc3ccc(-c4ccccc4)cc3)C2=O)cc1OC. The van der Waals surface area contributed by atoms with Crippen molar-refractivity contribution < 1.29 is 28.9 Å². The van der Waals surface area contributed by atoms with Crippen molar-refractivity contribution in [2.24, 2.45) is 0 Å². The van der Waals surface area contributed by atoms with Crippen LogP contribution in [0.3, 0.4) is 0 Å². The second-order valence-corrected chi connectivity index (χ2v) is 8.40. The number of urea groups is 1. The van der Waals surface area contributed by atoms with Gasteiger partial charge in [-0.3, -0.25) is 9.69 Å². The summed E-state index contributed by atoms with van der Waals surface area (Å²) in [6.07, 6.45) is -1.06. The molecule has 4 rings (SSSR count). The van der Waals surface area contributed by atoms with Crippen LogP contribution in [-0.4, -0.2) is 55.4 Å². The minimum atomic E-state index is -1.30. The molecular formula is C27H28N2O6. The first-order valence-corrected chi connectivity index (χ1v) is 11.2. The van der Waals surface area contributed by atoms with Crippen LogP contribution in [0.5, 0.6) is 17.2 Å². The van der Waals surface area contributed by atoms with Gasteiger partial charge in [0.25, 0.3) is 5.91 Å². The minimum absolute atomic E-state index is 0.0746. The van der Waals surface area contributed by atoms with E-state index in [-0.39, 0.29) is 13.2 Å². The van der Waals surface area contributed by atoms with Gasteiger partial charge in [-0.15, -0.1) is 0 Å². The molecule has 3 aromatic carbocycles. The van der Waals surface area contributed by atoms with Gasteiger partial charge in [-0.1, -0.05) is 48.5 Å². The number of nitrogens with one attached hydrogen (secondary N) is 1. The monoisotopic (exact) mass is 476 g/mol. The van der Waals surface area contributed by atoms with Crippen LogP contribution in [0.4, 0.5) is 4.79 Å². The third-order valence-electron chi connectivity index (χ3n) is 6.03. The molecule has 0 saturated carbocycles. The fraction of sp³-hybridized carbons (Fsp3) is 0.259. The van der Waals surface area contributed by atoms with Gasteiger partial charge in [0.2, 0.25) is 0 Å². The van der Waals surface area contributed by atoms with Gasteiger partial charge in [-0.25, -0.2) is 4.79 Å². The van der Waals surface area contributed by atoms with Crippen LogP contribution in [0.15, 0.2) is 72.8 Å². The van der Waals surface area contributed by atoms with E-state index >= 15 is 0 Å². The molecule has 0 aliphatic carbocycles. The zero-order chi connectivity index (χ0) is 25.0. The molecule has 1 fully saturated rings. The van der Waals surface area contributed by atoms with E-state index in [1.165, 1.54) is 14.2 Å². The maximum Gasteiger partial charge on any atom is 0.325 e. The van der Waals surface area contributed by atoms with Crippen LogP contribution >= 0.6 is 0 Å². The molecule has 1 heterocycles. The Bertz CT molecular complexity index is 1200. The predicted molar refractivity (Wildman–Crippen MR) is 131 cm³/mol. The van der Waals surface area contributed by atoms with Gasteiger partial charge in [0.05, 0.1) is 20.8 Å². The number of nitrogens with zero attached hydrogens (tertiary/aromatic N) is 1. The number of rotatable bonds is 9. The number of hydrogen-bond acceptors (Lipinski definition) is 6. The highest BCUT2D eigenvalue weighted by Gasteiger charge is 2.49. The van der Waals surface area contributed by atoms with Gasteiger partial charge in [0.15, 0.2) is 11.5 Å². The number of imide groups is 1. The second-order valence-electron chi connectivity index (χ2n) is 8.40. The van der Waals surface area contributed by atoms with Crippen LogP contribution in [0.25, 0.3) is 11.1 Å². The molecule has 1 saturated heterocycles. The number of aliphatic hydroxyl groups excluding tert-OH is 1. The van der Waals surface area contributed by atoms with Crippen molar-refractivity contribution in [3.8, 4) is 28.4 Å². The van der Waals surface area contributed by atoms with Crippen LogP contribution in [-0.2, 0) is 10.3 Å². The lowest BCUT2D eigenvalue weighted by molar-refractivity contribution is -0.132. The molecule has 0 spiro atoms. The summed E-state index contributed by atoms with van der Waals surface area (Å²) in [5, 5.41) is 13.2. The van der Waals surface area contributed by atoms with Gasteiger partial charge in [-0.2, -0.15) is 0 Å². The molecule has 0 aromatic heterocycles. The van der Waals surface area contributed by atoms with Crippen LogP contribution in [0, 0.1) is 0 Å². The van der Waals surface area contributed by atoms with Crippen molar-refractivity contribution >= 4 is 11.9 Å². The Hall–Kier alpha value is -4.04. The molecule has 182 valence electrons. The zero-order valence-corrected chi connectivity index (χ0v) is 19.9. The highest BCUT2D eigenvalue weighted by Crippen LogP contribution is 2.35. The summed E-state index contributed by atoms with van der Waals surface area (Å²) in [5.74, 6) is 1.06. The van der Waals surface area contributed by atoms with Gasteiger partial charge in [0.1, 0.15) is 24.0 Å². The lowest BCUT2D eigenvalue weighted by Gasteiger charge is -2.24. The minimum Gasteiger partial charge on any atom is -0.493 e. The van der Waals surface area contributed by atoms with E-state index in [2.05, 4.69) is 5.32 Å². The first-order valence-electron chi connectivity index (χ1n) is 11.2. The number of methoxy groups -OCH3 is 2. The van der Waals surface area contributed by atoms with Crippen molar-refractivity contribution in [1.29, 1.82) is 0 Å². The maximum absolute atomic E-state index is 13.2. The molecule has 1 aliphatic rings. The Balaban J connectivity index is 1.38. The average Bonchev–Trinajstić information content (AvgIpc) is 3.11. The topological polar surface area (TPSA) is 97.3 Å². The van der Waals surface area contributed by atoms with E-state index in [0.717, 1.165) is 16.0 Å². The molecule has 0 bridgehead atoms. The molecule has 2 atom stereocenters. The van der Waals surface area contributed by atoms with Gasteiger partial charge in [-0.05, 0) is 47.9 Å². The highest BCUT2D eigenvalue weighted by molar-refractivity contribution is 6.07. The Morgan fingerprint density at radius 3 is 2.23 bits per heavy atom. The van der Waals surface area contributed by atoms with Crippen LogP contribution in [0.1, 0.15) is 12.5 Å². The number of hydrogen-bond donors (Lipinski definition) is 2. The van der Waals surface area contributed by atoms with E-state index < -0.39 is 23.6 Å². The third kappa shape index (κ3) is 4.93. The number of carbonyl (C=O) groups excluding carboxylic acids is 2. The van der Waals surface area contributed by atoms with E-state index in [4.69, 9.17) is 14.2 Å². The Kier molecular flexibility index (Phi) is 6.93. The fourth-order valence-electron chi connectivity index (χ4n) is 4.04. The molecule has 1 aliphatic heterocycles. The lowest BCUT2D eigenvalue weighted by atomic mass is 9.91. The van der Waals surface area contributed by atoms with E-state index in [1.54, 1.807) is 25.1 Å². The maximum atomic E-state index is 13.2. The van der Waals surface area contributed by atoms with E-state index in [1.807, 2.05) is 54.6 Å². The van der Waals surface area contributed by atoms with Crippen molar-refractivity contribution in [1.82, 2.24) is 10.2 Å². The predicted octanol–water partition coefficient (Wildman–Crippen LogP) is 3.58. The summed E-state index contributed by atoms with van der Waals surface area (Å²) in [6, 6.07) is 21.9. The Morgan fingerprint density at radius 1 is 0.914 bits per heavy atom. The van der Waals surface area contributed by atoms with Crippen LogP contribution in [0.2, 0.25) is 0 Å². The normalized spacial score (nSPS) is 18.2. The van der Waals surface area contributed by atoms with Gasteiger partial charge >= 0.3 is 6.03 Å². The Morgan fingerprint density at radius 2 is 1.57 bits per heavy atom. The van der Waals surface area contributed by atoms with Crippen molar-refractivity contribution in [3.63, 3.8) is 0 Å². The first kappa shape index (κ1) is 24.1. The standard InChI is InChI=1S/C27H28N2O6/c1-27(20-11-14-23(33-2)24(15-20)34-3)25(31)29(26(32)28-27)16-21(30)17-35-22-12-9-19(10-13-22)18-7-5-4-6-8-18/h4-15,21,30H,16-17H2,1-3H3,(H,28,32). The van der Waals surface area contributed by atoms with Crippen molar-refractivity contribution in [2.45, 2.75) is 18.6 Å². The number of benzene rings is 3. The molecule has 3 aromatic rings. The van der Waals surface area contributed by atoms with E-state index in [9.17, 15) is 14.7 Å². The summed E-state index contributed by atoms with van der Waals surface area (Å²) in [4.78, 5) is 26.8. The number of aliphatic hydroxyl groups is 1. The summed E-state index contributed by atoms with van der Waals surface area (Å²) in [6.45, 7) is 1.34. The molecule has 0 radical (unpaired) electrons. The third-order valence-corrected chi connectivity index (χ3v) is 6.03. The highest BCUT2D eigenvalue weighted by atomic mass is 16.5. The fourth-order valence-corrected chi connectivity index (χ4v) is 4.04. The summed E-state index contributed by atoms with van der Waals surface area (Å²) < 4.78 is 16.3. The Labute approximate surface area is 204 Å². The molecule has 8 heteroatoms. The summed E-state index contributed by atoms with van der Waals surface area (Å²) >= 11 is 0. The van der Waals surface area contributed by atoms with Crippen molar-refractivity contribution in [3.05, 3.63) is 78.4 Å². The first-order chi connectivity index (χ1) is 16.9. The molecule has 2 unspecified atom stereocenters. The van der Waals surface area contributed by atoms with Crippen molar-refractivity contribution in [2.75, 3.05) is 27.4 Å². The summed E-state index contributed by atoms with van der Waals surface area (Å²) in [5.41, 5.74) is 1.38. The van der Waals surface area contributed by atoms with Gasteiger partial charge < -0.3 is 24.6 Å².